The first-order valence-corrected chi connectivity index (χ1v) is 4.87. The van der Waals surface area contributed by atoms with Gasteiger partial charge in [-0.2, -0.15) is 0 Å². The van der Waals surface area contributed by atoms with E-state index in [1.165, 1.54) is 25.3 Å². The van der Waals surface area contributed by atoms with Crippen LogP contribution in [0.5, 0.6) is 0 Å². The number of halogens is 2. The van der Waals surface area contributed by atoms with E-state index in [1.807, 2.05) is 0 Å². The lowest BCUT2D eigenvalue weighted by Crippen LogP contribution is -2.24. The molecule has 3 nitrogen and oxygen atoms in total. The van der Waals surface area contributed by atoms with E-state index < -0.39 is 6.10 Å². The molecule has 0 fully saturated rings. The van der Waals surface area contributed by atoms with Crippen molar-refractivity contribution in [2.75, 3.05) is 25.6 Å². The molecule has 1 rings (SSSR count). The van der Waals surface area contributed by atoms with E-state index in [1.54, 1.807) is 0 Å². The van der Waals surface area contributed by atoms with Gasteiger partial charge in [0.25, 0.3) is 0 Å². The lowest BCUT2D eigenvalue weighted by atomic mass is 10.3. The van der Waals surface area contributed by atoms with E-state index in [-0.39, 0.29) is 12.4 Å². The van der Waals surface area contributed by atoms with E-state index in [0.29, 0.717) is 17.3 Å². The predicted octanol–water partition coefficient (Wildman–Crippen LogP) is 1.90. The maximum absolute atomic E-state index is 12.7. The first kappa shape index (κ1) is 12.2. The number of aliphatic hydroxyl groups excluding tert-OH is 1. The third kappa shape index (κ3) is 4.03. The molecule has 0 aliphatic heterocycles. The summed E-state index contributed by atoms with van der Waals surface area (Å²) in [5.41, 5.74) is 0.591. The third-order valence-corrected chi connectivity index (χ3v) is 2.13. The molecule has 0 amide bonds. The summed E-state index contributed by atoms with van der Waals surface area (Å²) in [6.07, 6.45) is -0.615. The van der Waals surface area contributed by atoms with Gasteiger partial charge in [0, 0.05) is 13.7 Å². The number of methoxy groups -OCH3 is 1. The Morgan fingerprint density at radius 3 is 2.93 bits per heavy atom. The first-order valence-electron chi connectivity index (χ1n) is 4.49. The zero-order valence-electron chi connectivity index (χ0n) is 8.34. The fourth-order valence-electron chi connectivity index (χ4n) is 1.11. The topological polar surface area (TPSA) is 41.5 Å². The summed E-state index contributed by atoms with van der Waals surface area (Å²) < 4.78 is 17.4. The van der Waals surface area contributed by atoms with Crippen molar-refractivity contribution >= 4 is 17.3 Å². The molecule has 0 heterocycles. The maximum Gasteiger partial charge on any atom is 0.124 e. The van der Waals surface area contributed by atoms with Crippen LogP contribution in [0.3, 0.4) is 0 Å². The van der Waals surface area contributed by atoms with Gasteiger partial charge in [0.05, 0.1) is 23.4 Å². The molecule has 1 aromatic rings. The van der Waals surface area contributed by atoms with E-state index in [4.69, 9.17) is 16.3 Å². The van der Waals surface area contributed by atoms with Gasteiger partial charge in [-0.3, -0.25) is 0 Å². The summed E-state index contributed by atoms with van der Waals surface area (Å²) in [4.78, 5) is 0. The minimum Gasteiger partial charge on any atom is -0.389 e. The molecule has 0 saturated carbocycles. The van der Waals surface area contributed by atoms with E-state index in [9.17, 15) is 9.50 Å². The van der Waals surface area contributed by atoms with Crippen molar-refractivity contribution in [1.82, 2.24) is 0 Å². The molecule has 1 atom stereocenters. The van der Waals surface area contributed by atoms with E-state index in [0.717, 1.165) is 0 Å². The molecule has 84 valence electrons. The van der Waals surface area contributed by atoms with Crippen LogP contribution in [-0.4, -0.2) is 31.5 Å². The van der Waals surface area contributed by atoms with Crippen molar-refractivity contribution in [2.45, 2.75) is 6.10 Å². The maximum atomic E-state index is 12.7. The highest BCUT2D eigenvalue weighted by Crippen LogP contribution is 2.22. The zero-order chi connectivity index (χ0) is 11.3. The van der Waals surface area contributed by atoms with Crippen LogP contribution in [0.15, 0.2) is 18.2 Å². The van der Waals surface area contributed by atoms with Gasteiger partial charge in [-0.25, -0.2) is 4.39 Å². The van der Waals surface area contributed by atoms with Crippen molar-refractivity contribution in [3.8, 4) is 0 Å². The van der Waals surface area contributed by atoms with Crippen LogP contribution in [-0.2, 0) is 4.74 Å². The minimum absolute atomic E-state index is 0.242. The van der Waals surface area contributed by atoms with Crippen LogP contribution in [0.25, 0.3) is 0 Å². The summed E-state index contributed by atoms with van der Waals surface area (Å²) in [5.74, 6) is -0.386. The number of aliphatic hydroxyl groups is 1. The quantitative estimate of drug-likeness (QED) is 0.816. The molecule has 5 heteroatoms. The van der Waals surface area contributed by atoms with Crippen molar-refractivity contribution in [3.05, 3.63) is 29.0 Å². The summed E-state index contributed by atoms with van der Waals surface area (Å²) in [7, 11) is 1.51. The smallest absolute Gasteiger partial charge is 0.124 e. The van der Waals surface area contributed by atoms with Gasteiger partial charge in [0.15, 0.2) is 0 Å². The number of anilines is 1. The molecule has 0 aliphatic rings. The number of rotatable bonds is 5. The fourth-order valence-corrected chi connectivity index (χ4v) is 1.35. The van der Waals surface area contributed by atoms with E-state index in [2.05, 4.69) is 5.32 Å². The van der Waals surface area contributed by atoms with Crippen molar-refractivity contribution in [2.24, 2.45) is 0 Å². The lowest BCUT2D eigenvalue weighted by molar-refractivity contribution is 0.0727. The van der Waals surface area contributed by atoms with Gasteiger partial charge in [-0.15, -0.1) is 0 Å². The van der Waals surface area contributed by atoms with Gasteiger partial charge in [0.2, 0.25) is 0 Å². The highest BCUT2D eigenvalue weighted by Gasteiger charge is 2.05. The monoisotopic (exact) mass is 233 g/mol. The number of nitrogens with one attached hydrogen (secondary N) is 1. The highest BCUT2D eigenvalue weighted by atomic mass is 35.5. The standard InChI is InChI=1S/C10H13ClFNO2/c1-15-6-8(14)5-13-10-3-2-7(12)4-9(10)11/h2-4,8,13-14H,5-6H2,1H3. The Labute approximate surface area is 92.8 Å². The Hall–Kier alpha value is -0.840. The Bertz CT molecular complexity index is 322. The van der Waals surface area contributed by atoms with Gasteiger partial charge < -0.3 is 15.2 Å². The molecule has 2 N–H and O–H groups in total. The van der Waals surface area contributed by atoms with Crippen LogP contribution in [0, 0.1) is 5.82 Å². The van der Waals surface area contributed by atoms with Crippen LogP contribution in [0.1, 0.15) is 0 Å². The van der Waals surface area contributed by atoms with Crippen molar-refractivity contribution in [3.63, 3.8) is 0 Å². The average Bonchev–Trinajstić information content (AvgIpc) is 2.17. The highest BCUT2D eigenvalue weighted by molar-refractivity contribution is 6.33. The fraction of sp³-hybridized carbons (Fsp3) is 0.400. The predicted molar refractivity (Wildman–Crippen MR) is 57.8 cm³/mol. The summed E-state index contributed by atoms with van der Waals surface area (Å²) in [5, 5.41) is 12.5. The Balaban J connectivity index is 2.50. The molecule has 0 aromatic heterocycles. The second-order valence-corrected chi connectivity index (χ2v) is 3.52. The zero-order valence-corrected chi connectivity index (χ0v) is 9.09. The van der Waals surface area contributed by atoms with E-state index >= 15 is 0 Å². The molecular weight excluding hydrogens is 221 g/mol. The molecule has 0 bridgehead atoms. The molecule has 0 radical (unpaired) electrons. The second kappa shape index (κ2) is 5.90. The van der Waals surface area contributed by atoms with Crippen LogP contribution in [0.4, 0.5) is 10.1 Å². The normalized spacial score (nSPS) is 12.5. The molecular formula is C10H13ClFNO2. The van der Waals surface area contributed by atoms with Gasteiger partial charge in [0.1, 0.15) is 5.82 Å². The first-order chi connectivity index (χ1) is 7.13. The Kier molecular flexibility index (Phi) is 4.81. The molecule has 1 unspecified atom stereocenters. The van der Waals surface area contributed by atoms with Gasteiger partial charge in [-0.05, 0) is 18.2 Å². The molecule has 1 aromatic carbocycles. The van der Waals surface area contributed by atoms with Crippen LogP contribution in [0.2, 0.25) is 5.02 Å². The summed E-state index contributed by atoms with van der Waals surface area (Å²) in [6, 6.07) is 4.04. The number of ether oxygens (including phenoxy) is 1. The van der Waals surface area contributed by atoms with Gasteiger partial charge in [-0.1, -0.05) is 11.6 Å². The van der Waals surface area contributed by atoms with Crippen LogP contribution >= 0.6 is 11.6 Å². The SMILES string of the molecule is COCC(O)CNc1ccc(F)cc1Cl. The minimum atomic E-state index is -0.615. The largest absolute Gasteiger partial charge is 0.389 e. The molecule has 0 saturated heterocycles. The Morgan fingerprint density at radius 2 is 2.33 bits per heavy atom. The summed E-state index contributed by atoms with van der Waals surface area (Å²) in [6.45, 7) is 0.547. The molecule has 0 aliphatic carbocycles. The van der Waals surface area contributed by atoms with Crippen molar-refractivity contribution < 1.29 is 14.2 Å². The molecule has 0 spiro atoms. The second-order valence-electron chi connectivity index (χ2n) is 3.11. The van der Waals surface area contributed by atoms with Crippen LogP contribution < -0.4 is 5.32 Å². The number of benzene rings is 1. The average molecular weight is 234 g/mol. The van der Waals surface area contributed by atoms with Crippen molar-refractivity contribution in [1.29, 1.82) is 0 Å². The number of hydrogen-bond acceptors (Lipinski definition) is 3. The summed E-state index contributed by atoms with van der Waals surface area (Å²) >= 11 is 5.77. The third-order valence-electron chi connectivity index (χ3n) is 1.82. The lowest BCUT2D eigenvalue weighted by Gasteiger charge is -2.12. The number of hydrogen-bond donors (Lipinski definition) is 2. The van der Waals surface area contributed by atoms with Gasteiger partial charge >= 0.3 is 0 Å². The molecule has 15 heavy (non-hydrogen) atoms. The Morgan fingerprint density at radius 1 is 1.60 bits per heavy atom.